The second-order valence-electron chi connectivity index (χ2n) is 9.49. The van der Waals surface area contributed by atoms with Crippen LogP contribution in [-0.2, 0) is 0 Å². The number of methoxy groups -OCH3 is 2. The van der Waals surface area contributed by atoms with Crippen LogP contribution in [0.2, 0.25) is 0 Å². The van der Waals surface area contributed by atoms with Crippen LogP contribution in [0.5, 0.6) is 17.2 Å². The fourth-order valence-electron chi connectivity index (χ4n) is 4.72. The van der Waals surface area contributed by atoms with Crippen molar-refractivity contribution < 1.29 is 19.1 Å². The highest BCUT2D eigenvalue weighted by Gasteiger charge is 2.30. The van der Waals surface area contributed by atoms with Gasteiger partial charge in [-0.15, -0.1) is 0 Å². The van der Waals surface area contributed by atoms with Gasteiger partial charge in [-0.25, -0.2) is 9.97 Å². The van der Waals surface area contributed by atoms with E-state index in [-0.39, 0.29) is 10.6 Å². The maximum Gasteiger partial charge on any atom is 0.296 e. The summed E-state index contributed by atoms with van der Waals surface area (Å²) < 4.78 is 16.8. The first-order valence-corrected chi connectivity index (χ1v) is 12.9. The molecule has 10 heteroatoms. The van der Waals surface area contributed by atoms with Crippen LogP contribution in [0.3, 0.4) is 0 Å². The molecule has 0 spiro atoms. The molecule has 2 fully saturated rings. The van der Waals surface area contributed by atoms with Crippen LogP contribution < -0.4 is 24.0 Å². The number of hydrogen-bond donors (Lipinski definition) is 0. The summed E-state index contributed by atoms with van der Waals surface area (Å²) >= 11 is 0. The zero-order chi connectivity index (χ0) is 25.9. The Kier molecular flexibility index (Phi) is 7.16. The largest absolute Gasteiger partial charge is 0.493 e. The van der Waals surface area contributed by atoms with Crippen LogP contribution >= 0.6 is 0 Å². The van der Waals surface area contributed by atoms with Crippen molar-refractivity contribution in [2.75, 3.05) is 56.8 Å². The minimum Gasteiger partial charge on any atom is -0.493 e. The number of ether oxygens (including phenoxy) is 3. The summed E-state index contributed by atoms with van der Waals surface area (Å²) in [5, 5.41) is 12.8. The number of nitrogens with zero attached hydrogens (tertiary/aromatic N) is 5. The lowest BCUT2D eigenvalue weighted by molar-refractivity contribution is -0.384. The summed E-state index contributed by atoms with van der Waals surface area (Å²) in [7, 11) is 3.24. The van der Waals surface area contributed by atoms with Gasteiger partial charge in [0.2, 0.25) is 0 Å². The third-order valence-electron chi connectivity index (χ3n) is 6.97. The van der Waals surface area contributed by atoms with E-state index in [1.54, 1.807) is 20.3 Å². The van der Waals surface area contributed by atoms with Crippen molar-refractivity contribution >= 4 is 28.1 Å². The number of unbranched alkanes of at least 4 members (excludes halogenated alkanes) is 1. The molecule has 1 aliphatic carbocycles. The molecule has 2 heterocycles. The molecule has 1 aromatic heterocycles. The molecule has 0 bridgehead atoms. The van der Waals surface area contributed by atoms with Crippen LogP contribution in [0, 0.1) is 10.1 Å². The minimum absolute atomic E-state index is 0.0720. The van der Waals surface area contributed by atoms with Crippen molar-refractivity contribution in [3.8, 4) is 17.2 Å². The average Bonchev–Trinajstić information content (AvgIpc) is 3.77. The van der Waals surface area contributed by atoms with Gasteiger partial charge in [0.05, 0.1) is 37.3 Å². The van der Waals surface area contributed by atoms with Gasteiger partial charge in [0, 0.05) is 43.5 Å². The number of nitro benzene ring substituents is 1. The van der Waals surface area contributed by atoms with Crippen molar-refractivity contribution in [3.63, 3.8) is 0 Å². The maximum absolute atomic E-state index is 11.9. The highest BCUT2D eigenvalue weighted by Crippen LogP contribution is 2.42. The first-order chi connectivity index (χ1) is 18.0. The summed E-state index contributed by atoms with van der Waals surface area (Å²) in [6, 6.07) is 9.02. The van der Waals surface area contributed by atoms with Gasteiger partial charge in [0.1, 0.15) is 23.1 Å². The number of rotatable bonds is 10. The predicted octanol–water partition coefficient (Wildman–Crippen LogP) is 4.94. The first-order valence-electron chi connectivity index (χ1n) is 12.9. The number of aromatic nitrogens is 2. The summed E-state index contributed by atoms with van der Waals surface area (Å²) in [4.78, 5) is 25.7. The Morgan fingerprint density at radius 1 is 1.00 bits per heavy atom. The van der Waals surface area contributed by atoms with Gasteiger partial charge in [-0.3, -0.25) is 10.1 Å². The highest BCUT2D eigenvalue weighted by molar-refractivity contribution is 5.92. The predicted molar refractivity (Wildman–Crippen MR) is 143 cm³/mol. The van der Waals surface area contributed by atoms with Gasteiger partial charge >= 0.3 is 0 Å². The number of fused-ring (bicyclic) bond motifs is 1. The molecular weight excluding hydrogens is 474 g/mol. The number of piperazine rings is 1. The third-order valence-corrected chi connectivity index (χ3v) is 6.97. The quantitative estimate of drug-likeness (QED) is 0.214. The smallest absolute Gasteiger partial charge is 0.296 e. The van der Waals surface area contributed by atoms with Crippen molar-refractivity contribution in [3.05, 3.63) is 46.3 Å². The summed E-state index contributed by atoms with van der Waals surface area (Å²) in [6.07, 6.45) is 4.13. The Morgan fingerprint density at radius 2 is 1.70 bits per heavy atom. The van der Waals surface area contributed by atoms with E-state index in [4.69, 9.17) is 24.2 Å². The zero-order valence-corrected chi connectivity index (χ0v) is 21.6. The van der Waals surface area contributed by atoms with Gasteiger partial charge in [0.15, 0.2) is 11.5 Å². The lowest BCUT2D eigenvalue weighted by atomic mass is 10.1. The Morgan fingerprint density at radius 3 is 2.35 bits per heavy atom. The molecule has 2 aliphatic rings. The van der Waals surface area contributed by atoms with E-state index >= 15 is 0 Å². The molecule has 1 aliphatic heterocycles. The monoisotopic (exact) mass is 507 g/mol. The van der Waals surface area contributed by atoms with E-state index in [0.29, 0.717) is 61.6 Å². The highest BCUT2D eigenvalue weighted by atomic mass is 16.6. The van der Waals surface area contributed by atoms with E-state index in [0.717, 1.165) is 48.2 Å². The molecule has 37 heavy (non-hydrogen) atoms. The Bertz CT molecular complexity index is 1290. The van der Waals surface area contributed by atoms with E-state index in [1.165, 1.54) is 6.07 Å². The topological polar surface area (TPSA) is 103 Å². The van der Waals surface area contributed by atoms with Gasteiger partial charge in [-0.05, 0) is 37.5 Å². The van der Waals surface area contributed by atoms with Gasteiger partial charge < -0.3 is 24.0 Å². The molecule has 5 rings (SSSR count). The lowest BCUT2D eigenvalue weighted by Crippen LogP contribution is -2.47. The number of nitro groups is 1. The van der Waals surface area contributed by atoms with Crippen LogP contribution in [0.15, 0.2) is 30.3 Å². The normalized spacial score (nSPS) is 15.6. The van der Waals surface area contributed by atoms with Gasteiger partial charge in [-0.2, -0.15) is 0 Å². The standard InChI is InChI=1S/C27H33N5O5/c1-4-5-14-37-19-8-9-22(23(15-19)32(33)34)30-10-12-31(13-11-30)27-20-16-24(35-2)25(36-3)17-21(20)28-26(29-27)18-6-7-18/h8-9,15-18H,4-7,10-14H2,1-3H3. The molecule has 0 atom stereocenters. The minimum atomic E-state index is -0.326. The molecule has 1 saturated heterocycles. The Hall–Kier alpha value is -3.82. The van der Waals surface area contributed by atoms with Crippen LogP contribution in [0.4, 0.5) is 17.2 Å². The second kappa shape index (κ2) is 10.7. The molecule has 2 aromatic carbocycles. The van der Waals surface area contributed by atoms with Crippen molar-refractivity contribution in [2.45, 2.75) is 38.5 Å². The number of benzene rings is 2. The van der Waals surface area contributed by atoms with E-state index < -0.39 is 0 Å². The van der Waals surface area contributed by atoms with Crippen molar-refractivity contribution in [2.24, 2.45) is 0 Å². The fraction of sp³-hybridized carbons (Fsp3) is 0.481. The Labute approximate surface area is 216 Å². The summed E-state index contributed by atoms with van der Waals surface area (Å²) in [6.45, 7) is 5.26. The molecule has 0 radical (unpaired) electrons. The Balaban J connectivity index is 1.40. The summed E-state index contributed by atoms with van der Waals surface area (Å²) in [5.41, 5.74) is 1.52. The molecule has 10 nitrogen and oxygen atoms in total. The van der Waals surface area contributed by atoms with Crippen LogP contribution in [0.25, 0.3) is 10.9 Å². The van der Waals surface area contributed by atoms with E-state index in [1.807, 2.05) is 18.2 Å². The molecule has 0 N–H and O–H groups in total. The SMILES string of the molecule is CCCCOc1ccc(N2CCN(c3nc(C4CC4)nc4cc(OC)c(OC)cc34)CC2)c([N+](=O)[O-])c1. The molecule has 0 unspecified atom stereocenters. The van der Waals surface area contributed by atoms with Crippen LogP contribution in [-0.4, -0.2) is 61.9 Å². The lowest BCUT2D eigenvalue weighted by Gasteiger charge is -2.37. The van der Waals surface area contributed by atoms with Gasteiger partial charge in [-0.1, -0.05) is 13.3 Å². The molecule has 196 valence electrons. The number of hydrogen-bond acceptors (Lipinski definition) is 9. The summed E-state index contributed by atoms with van der Waals surface area (Å²) in [5.74, 6) is 3.95. The molecular formula is C27H33N5O5. The van der Waals surface area contributed by atoms with E-state index in [9.17, 15) is 10.1 Å². The first kappa shape index (κ1) is 24.9. The van der Waals surface area contributed by atoms with Crippen LogP contribution in [0.1, 0.15) is 44.3 Å². The fourth-order valence-corrected chi connectivity index (χ4v) is 4.72. The molecule has 0 amide bonds. The van der Waals surface area contributed by atoms with Crippen molar-refractivity contribution in [1.82, 2.24) is 9.97 Å². The molecule has 1 saturated carbocycles. The maximum atomic E-state index is 11.9. The number of anilines is 2. The zero-order valence-electron chi connectivity index (χ0n) is 21.6. The third kappa shape index (κ3) is 5.19. The van der Waals surface area contributed by atoms with Gasteiger partial charge in [0.25, 0.3) is 5.69 Å². The second-order valence-corrected chi connectivity index (χ2v) is 9.49. The molecule has 3 aromatic rings. The van der Waals surface area contributed by atoms with Crippen molar-refractivity contribution in [1.29, 1.82) is 0 Å². The van der Waals surface area contributed by atoms with E-state index in [2.05, 4.69) is 16.7 Å². The average molecular weight is 508 g/mol.